The molecule has 0 saturated carbocycles. The highest BCUT2D eigenvalue weighted by Crippen LogP contribution is 2.64. The van der Waals surface area contributed by atoms with E-state index in [1.807, 2.05) is 37.0 Å². The van der Waals surface area contributed by atoms with E-state index in [-0.39, 0.29) is 0 Å². The summed E-state index contributed by atoms with van der Waals surface area (Å²) in [5, 5.41) is 1.04. The molecule has 3 heteroatoms. The Hall–Kier alpha value is 0.230. The molecule has 0 heterocycles. The van der Waals surface area contributed by atoms with E-state index in [1.54, 1.807) is 0 Å². The van der Waals surface area contributed by atoms with Gasteiger partial charge in [-0.3, -0.25) is 0 Å². The third-order valence-electron chi connectivity index (χ3n) is 1.21. The van der Waals surface area contributed by atoms with Crippen molar-refractivity contribution in [3.8, 4) is 0 Å². The average molecular weight is 194 g/mol. The summed E-state index contributed by atoms with van der Waals surface area (Å²) in [4.78, 5) is 0. The molecule has 0 nitrogen and oxygen atoms in total. The van der Waals surface area contributed by atoms with Gasteiger partial charge in [-0.25, -0.2) is 0 Å². The number of benzene rings is 1. The Labute approximate surface area is 71.1 Å². The van der Waals surface area contributed by atoms with E-state index < -0.39 is 5.97 Å². The maximum Gasteiger partial charge on any atom is 0.0656 e. The molecule has 0 amide bonds. The zero-order valence-electron chi connectivity index (χ0n) is 5.59. The Bertz CT molecular complexity index is 203. The van der Waals surface area contributed by atoms with E-state index in [1.165, 1.54) is 0 Å². The van der Waals surface area contributed by atoms with Gasteiger partial charge in [0.25, 0.3) is 0 Å². The van der Waals surface area contributed by atoms with Crippen LogP contribution < -0.4 is 5.30 Å². The molecule has 0 bridgehead atoms. The van der Waals surface area contributed by atoms with E-state index in [0.29, 0.717) is 0 Å². The zero-order valence-corrected chi connectivity index (χ0v) is 8.00. The lowest BCUT2D eigenvalue weighted by Gasteiger charge is -2.14. The third kappa shape index (κ3) is 2.12. The van der Waals surface area contributed by atoms with Crippen molar-refractivity contribution in [3.05, 3.63) is 30.3 Å². The van der Waals surface area contributed by atoms with Gasteiger partial charge in [0.1, 0.15) is 0 Å². The first-order chi connectivity index (χ1) is 4.61. The molecule has 0 aliphatic rings. The van der Waals surface area contributed by atoms with Gasteiger partial charge in [-0.05, 0) is 12.0 Å². The van der Waals surface area contributed by atoms with Gasteiger partial charge in [0, 0.05) is 0 Å². The lowest BCUT2D eigenvalue weighted by atomic mass is 10.4. The van der Waals surface area contributed by atoms with E-state index in [2.05, 4.69) is 0 Å². The molecule has 0 unspecified atom stereocenters. The van der Waals surface area contributed by atoms with Crippen LogP contribution in [0.5, 0.6) is 0 Å². The van der Waals surface area contributed by atoms with Crippen LogP contribution >= 0.6 is 28.4 Å². The van der Waals surface area contributed by atoms with Crippen molar-refractivity contribution >= 4 is 33.8 Å². The van der Waals surface area contributed by atoms with Gasteiger partial charge >= 0.3 is 0 Å². The SMILES string of the molecule is C[P](Cl)(Cl)c1ccccc1. The van der Waals surface area contributed by atoms with Crippen molar-refractivity contribution < 1.29 is 0 Å². The van der Waals surface area contributed by atoms with Crippen LogP contribution in [0.3, 0.4) is 0 Å². The summed E-state index contributed by atoms with van der Waals surface area (Å²) in [5.74, 6) is -1.82. The summed E-state index contributed by atoms with van der Waals surface area (Å²) in [6.45, 7) is 1.87. The van der Waals surface area contributed by atoms with E-state index in [4.69, 9.17) is 22.5 Å². The minimum absolute atomic E-state index is 1.04. The summed E-state index contributed by atoms with van der Waals surface area (Å²) in [6, 6.07) is 9.74. The first kappa shape index (κ1) is 8.33. The Morgan fingerprint density at radius 1 is 1.10 bits per heavy atom. The van der Waals surface area contributed by atoms with Crippen LogP contribution in [-0.2, 0) is 0 Å². The molecule has 1 aromatic carbocycles. The van der Waals surface area contributed by atoms with Crippen molar-refractivity contribution in [1.82, 2.24) is 0 Å². The Kier molecular flexibility index (Phi) is 2.57. The smallest absolute Gasteiger partial charge is 0.0656 e. The largest absolute Gasteiger partial charge is 0.0802 e. The van der Waals surface area contributed by atoms with Gasteiger partial charge in [-0.15, -0.1) is 0 Å². The summed E-state index contributed by atoms with van der Waals surface area (Å²) >= 11 is 11.9. The Balaban J connectivity index is 2.97. The quantitative estimate of drug-likeness (QED) is 0.601. The maximum absolute atomic E-state index is 5.94. The Morgan fingerprint density at radius 3 is 1.90 bits per heavy atom. The maximum atomic E-state index is 5.94. The Morgan fingerprint density at radius 2 is 1.60 bits per heavy atom. The molecule has 1 aromatic rings. The second-order valence-electron chi connectivity index (χ2n) is 2.13. The molecule has 0 N–H and O–H groups in total. The van der Waals surface area contributed by atoms with Crippen LogP contribution in [0.1, 0.15) is 0 Å². The zero-order chi connectivity index (χ0) is 7.61. The predicted molar refractivity (Wildman–Crippen MR) is 50.6 cm³/mol. The lowest BCUT2D eigenvalue weighted by molar-refractivity contribution is 1.77. The van der Waals surface area contributed by atoms with Crippen LogP contribution in [0.25, 0.3) is 0 Å². The van der Waals surface area contributed by atoms with Crippen molar-refractivity contribution in [2.45, 2.75) is 0 Å². The minimum atomic E-state index is -1.82. The fraction of sp³-hybridized carbons (Fsp3) is 0.143. The molecular formula is C7H8Cl2P. The molecule has 0 aromatic heterocycles. The molecule has 0 aliphatic heterocycles. The number of hydrogen-bond donors (Lipinski definition) is 0. The topological polar surface area (TPSA) is 0 Å². The minimum Gasteiger partial charge on any atom is -0.0802 e. The molecule has 0 fully saturated rings. The van der Waals surface area contributed by atoms with Crippen molar-refractivity contribution in [2.24, 2.45) is 0 Å². The van der Waals surface area contributed by atoms with Crippen LogP contribution in [0.4, 0.5) is 0 Å². The molecule has 0 saturated heterocycles. The first-order valence-corrected chi connectivity index (χ1v) is 6.97. The molecule has 10 heavy (non-hydrogen) atoms. The second kappa shape index (κ2) is 3.09. The molecule has 1 rings (SSSR count). The lowest BCUT2D eigenvalue weighted by Crippen LogP contribution is -1.98. The highest BCUT2D eigenvalue weighted by molar-refractivity contribution is 8.21. The second-order valence-corrected chi connectivity index (χ2v) is 8.81. The summed E-state index contributed by atoms with van der Waals surface area (Å²) < 4.78 is 0. The van der Waals surface area contributed by atoms with Crippen LogP contribution in [-0.4, -0.2) is 6.66 Å². The fourth-order valence-corrected chi connectivity index (χ4v) is 2.06. The van der Waals surface area contributed by atoms with Gasteiger partial charge < -0.3 is 0 Å². The highest BCUT2D eigenvalue weighted by Gasteiger charge is 2.15. The molecular weight excluding hydrogens is 186 g/mol. The standard InChI is InChI=1S/C7H8Cl2P/c1-10(8,9)7-5-3-2-4-6-7/h2-6H,1H3. The first-order valence-electron chi connectivity index (χ1n) is 2.92. The number of hydrogen-bond acceptors (Lipinski definition) is 0. The van der Waals surface area contributed by atoms with Gasteiger partial charge in [0.05, 0.1) is 5.97 Å². The molecule has 0 aliphatic carbocycles. The van der Waals surface area contributed by atoms with Gasteiger partial charge in [0.2, 0.25) is 0 Å². The molecule has 0 spiro atoms. The van der Waals surface area contributed by atoms with Crippen LogP contribution in [0.15, 0.2) is 30.3 Å². The molecule has 55 valence electrons. The third-order valence-corrected chi connectivity index (χ3v) is 3.59. The highest BCUT2D eigenvalue weighted by atomic mass is 35.9. The summed E-state index contributed by atoms with van der Waals surface area (Å²) in [5.41, 5.74) is 0. The van der Waals surface area contributed by atoms with Crippen molar-refractivity contribution in [1.29, 1.82) is 0 Å². The fourth-order valence-electron chi connectivity index (χ4n) is 0.690. The number of halogens is 2. The van der Waals surface area contributed by atoms with Crippen LogP contribution in [0.2, 0.25) is 0 Å². The summed E-state index contributed by atoms with van der Waals surface area (Å²) in [7, 11) is 0. The monoisotopic (exact) mass is 193 g/mol. The van der Waals surface area contributed by atoms with Crippen molar-refractivity contribution in [3.63, 3.8) is 0 Å². The van der Waals surface area contributed by atoms with Crippen LogP contribution in [0, 0.1) is 0 Å². The molecule has 1 radical (unpaired) electrons. The van der Waals surface area contributed by atoms with Gasteiger partial charge in [-0.1, -0.05) is 52.8 Å². The normalized spacial score (nSPS) is 11.5. The van der Waals surface area contributed by atoms with E-state index in [0.717, 1.165) is 5.30 Å². The van der Waals surface area contributed by atoms with Crippen molar-refractivity contribution in [2.75, 3.05) is 6.66 Å². The number of rotatable bonds is 1. The predicted octanol–water partition coefficient (Wildman–Crippen LogP) is 3.27. The van der Waals surface area contributed by atoms with E-state index in [9.17, 15) is 0 Å². The average Bonchev–Trinajstić information content (AvgIpc) is 1.88. The molecule has 0 atom stereocenters. The van der Waals surface area contributed by atoms with Gasteiger partial charge in [-0.2, -0.15) is 0 Å². The van der Waals surface area contributed by atoms with Gasteiger partial charge in [0.15, 0.2) is 0 Å². The summed E-state index contributed by atoms with van der Waals surface area (Å²) in [6.07, 6.45) is 0. The van der Waals surface area contributed by atoms with E-state index >= 15 is 0 Å².